The van der Waals surface area contributed by atoms with Gasteiger partial charge in [0.2, 0.25) is 0 Å². The second-order valence-corrected chi connectivity index (χ2v) is 25.3. The largest absolute Gasteiger partial charge is 0.394 e. The van der Waals surface area contributed by atoms with Crippen molar-refractivity contribution in [3.63, 3.8) is 0 Å². The molecule has 4 aliphatic heterocycles. The van der Waals surface area contributed by atoms with Gasteiger partial charge in [-0.3, -0.25) is 0 Å². The third-order valence-corrected chi connectivity index (χ3v) is 20.5. The first-order chi connectivity index (χ1) is 35.1. The standard InChI is InChI=1S/C53H90O22/c1-23(2)10-9-15-52(7,67)31-13-17-51(6)24-11-12-30-49(3,4)32(73-48-44(40(63)36(59)28(20-55)71-48)75-47-43(66)38(61)35(58)27(19-54)70-47)14-16-50(30,5)25(24)18-33(53(31,51)8)74-46-42(65)39(62)37(60)29(72-46)22-69-45-41(64)34(57)26(56)21-68-45/h10,24-48,54-67H,9,11-22H2,1-8H3. The van der Waals surface area contributed by atoms with Crippen LogP contribution >= 0.6 is 0 Å². The zero-order valence-corrected chi connectivity index (χ0v) is 44.7. The molecule has 8 aliphatic rings. The normalized spacial score (nSPS) is 52.7. The van der Waals surface area contributed by atoms with Gasteiger partial charge in [-0.1, -0.05) is 46.3 Å². The highest BCUT2D eigenvalue weighted by molar-refractivity contribution is 5.21. The van der Waals surface area contributed by atoms with Crippen LogP contribution in [-0.4, -0.2) is 232 Å². The van der Waals surface area contributed by atoms with Crippen LogP contribution in [0, 0.1) is 45.3 Å². The van der Waals surface area contributed by atoms with Crippen molar-refractivity contribution in [3.8, 4) is 0 Å². The summed E-state index contributed by atoms with van der Waals surface area (Å²) >= 11 is 0. The lowest BCUT2D eigenvalue weighted by atomic mass is 9.37. The second-order valence-electron chi connectivity index (χ2n) is 25.3. The summed E-state index contributed by atoms with van der Waals surface area (Å²) < 4.78 is 49.2. The molecule has 29 unspecified atom stereocenters. The highest BCUT2D eigenvalue weighted by Gasteiger charge is 2.73. The molecule has 22 heteroatoms. The summed E-state index contributed by atoms with van der Waals surface area (Å²) in [6, 6.07) is 0. The third kappa shape index (κ3) is 10.6. The fourth-order valence-corrected chi connectivity index (χ4v) is 16.0. The third-order valence-electron chi connectivity index (χ3n) is 20.5. The Balaban J connectivity index is 1.08. The van der Waals surface area contributed by atoms with Crippen LogP contribution in [0.25, 0.3) is 0 Å². The van der Waals surface area contributed by atoms with Crippen molar-refractivity contribution < 1.29 is 109 Å². The Kier molecular flexibility index (Phi) is 18.1. The monoisotopic (exact) mass is 1080 g/mol. The predicted molar refractivity (Wildman–Crippen MR) is 260 cm³/mol. The SMILES string of the molecule is CC(C)=CCCC(C)(O)C1CCC2(C)C3CCC4C(C)(C)C(OC5OC(CO)C(O)C(O)C5OC5OC(CO)C(O)C(O)C5O)CCC4(C)C3CC(OC3OC(COC4OCC(O)C(O)C4O)C(O)C(O)C3O)C12C. The summed E-state index contributed by atoms with van der Waals surface area (Å²) in [4.78, 5) is 0. The van der Waals surface area contributed by atoms with E-state index in [9.17, 15) is 71.5 Å². The van der Waals surface area contributed by atoms with E-state index in [1.54, 1.807) is 0 Å². The molecule has 8 rings (SSSR count). The molecule has 0 spiro atoms. The zero-order chi connectivity index (χ0) is 55.1. The Bertz CT molecular complexity index is 1940. The molecule has 4 saturated heterocycles. The topological polar surface area (TPSA) is 357 Å². The molecule has 0 radical (unpaired) electrons. The first kappa shape index (κ1) is 60.0. The number of hydrogen-bond acceptors (Lipinski definition) is 22. The van der Waals surface area contributed by atoms with E-state index >= 15 is 0 Å². The summed E-state index contributed by atoms with van der Waals surface area (Å²) in [5.74, 6) is -0.130. The molecule has 0 aromatic rings. The fourth-order valence-electron chi connectivity index (χ4n) is 16.0. The van der Waals surface area contributed by atoms with Gasteiger partial charge in [-0.2, -0.15) is 0 Å². The molecule has 4 heterocycles. The van der Waals surface area contributed by atoms with E-state index in [1.807, 2.05) is 20.8 Å². The minimum absolute atomic E-state index is 0.0000419. The van der Waals surface area contributed by atoms with Gasteiger partial charge in [0.25, 0.3) is 0 Å². The van der Waals surface area contributed by atoms with Crippen LogP contribution < -0.4 is 0 Å². The van der Waals surface area contributed by atoms with E-state index < -0.39 is 171 Å². The van der Waals surface area contributed by atoms with Crippen molar-refractivity contribution >= 4 is 0 Å². The molecule has 0 bridgehead atoms. The number of allylic oxidation sites excluding steroid dienone is 2. The average molecular weight is 1080 g/mol. The van der Waals surface area contributed by atoms with Crippen LogP contribution in [0.4, 0.5) is 0 Å². The lowest BCUT2D eigenvalue weighted by Gasteiger charge is -2.69. The van der Waals surface area contributed by atoms with Crippen LogP contribution in [-0.2, 0) is 37.9 Å². The first-order valence-corrected chi connectivity index (χ1v) is 27.3. The number of aliphatic hydroxyl groups is 14. The Morgan fingerprint density at radius 1 is 0.600 bits per heavy atom. The van der Waals surface area contributed by atoms with Crippen molar-refractivity contribution in [1.29, 1.82) is 0 Å². The molecule has 75 heavy (non-hydrogen) atoms. The summed E-state index contributed by atoms with van der Waals surface area (Å²) in [7, 11) is 0. The molecule has 14 N–H and O–H groups in total. The average Bonchev–Trinajstić information content (AvgIpc) is 3.69. The van der Waals surface area contributed by atoms with Gasteiger partial charge in [-0.05, 0) is 118 Å². The minimum Gasteiger partial charge on any atom is -0.394 e. The van der Waals surface area contributed by atoms with Gasteiger partial charge in [0.1, 0.15) is 91.6 Å². The molecular weight excluding hydrogens is 989 g/mol. The van der Waals surface area contributed by atoms with Crippen LogP contribution in [0.15, 0.2) is 11.6 Å². The molecule has 29 atom stereocenters. The Morgan fingerprint density at radius 3 is 1.79 bits per heavy atom. The molecule has 0 aromatic heterocycles. The number of fused-ring (bicyclic) bond motifs is 5. The number of rotatable bonds is 15. The highest BCUT2D eigenvalue weighted by atomic mass is 16.8. The number of aliphatic hydroxyl groups excluding tert-OH is 13. The second kappa shape index (κ2) is 22.7. The van der Waals surface area contributed by atoms with Crippen LogP contribution in [0.5, 0.6) is 0 Å². The smallest absolute Gasteiger partial charge is 0.187 e. The van der Waals surface area contributed by atoms with Crippen LogP contribution in [0.2, 0.25) is 0 Å². The Morgan fingerprint density at radius 2 is 1.16 bits per heavy atom. The molecule has 4 saturated carbocycles. The van der Waals surface area contributed by atoms with Gasteiger partial charge < -0.3 is 109 Å². The maximum atomic E-state index is 12.6. The van der Waals surface area contributed by atoms with Gasteiger partial charge >= 0.3 is 0 Å². The van der Waals surface area contributed by atoms with Gasteiger partial charge in [0, 0.05) is 5.41 Å². The number of hydrogen-bond donors (Lipinski definition) is 14. The quantitative estimate of drug-likeness (QED) is 0.0651. The van der Waals surface area contributed by atoms with E-state index in [0.29, 0.717) is 38.5 Å². The maximum Gasteiger partial charge on any atom is 0.187 e. The summed E-state index contributed by atoms with van der Waals surface area (Å²) in [5, 5.41) is 152. The summed E-state index contributed by atoms with van der Waals surface area (Å²) in [5.41, 5.74) is -2.15. The van der Waals surface area contributed by atoms with E-state index in [-0.39, 0.29) is 35.7 Å². The van der Waals surface area contributed by atoms with Gasteiger partial charge in [-0.15, -0.1) is 0 Å². The van der Waals surface area contributed by atoms with Crippen molar-refractivity contribution in [2.45, 2.75) is 248 Å². The summed E-state index contributed by atoms with van der Waals surface area (Å²) in [6.45, 7) is 14.8. The molecule has 8 fully saturated rings. The molecule has 0 amide bonds. The lowest BCUT2D eigenvalue weighted by Crippen LogP contribution is -2.68. The highest BCUT2D eigenvalue weighted by Crippen LogP contribution is 2.76. The Hall–Kier alpha value is -1.14. The summed E-state index contributed by atoms with van der Waals surface area (Å²) in [6.07, 6.45) is -23.1. The molecule has 0 aromatic carbocycles. The predicted octanol–water partition coefficient (Wildman–Crippen LogP) is -1.56. The van der Waals surface area contributed by atoms with Crippen molar-refractivity contribution in [1.82, 2.24) is 0 Å². The molecular formula is C53H90O22. The van der Waals surface area contributed by atoms with Gasteiger partial charge in [-0.25, -0.2) is 0 Å². The Labute approximate surface area is 439 Å². The van der Waals surface area contributed by atoms with E-state index in [2.05, 4.69) is 40.7 Å². The van der Waals surface area contributed by atoms with Crippen molar-refractivity contribution in [2.24, 2.45) is 45.3 Å². The van der Waals surface area contributed by atoms with Crippen LogP contribution in [0.1, 0.15) is 113 Å². The first-order valence-electron chi connectivity index (χ1n) is 27.3. The van der Waals surface area contributed by atoms with E-state index in [4.69, 9.17) is 37.9 Å². The minimum atomic E-state index is -1.83. The zero-order valence-electron chi connectivity index (χ0n) is 44.7. The molecule has 434 valence electrons. The van der Waals surface area contributed by atoms with Gasteiger partial charge in [0.15, 0.2) is 25.2 Å². The molecule has 4 aliphatic carbocycles. The van der Waals surface area contributed by atoms with Crippen molar-refractivity contribution in [2.75, 3.05) is 26.4 Å². The van der Waals surface area contributed by atoms with E-state index in [0.717, 1.165) is 24.8 Å². The van der Waals surface area contributed by atoms with Gasteiger partial charge in [0.05, 0.1) is 44.2 Å². The van der Waals surface area contributed by atoms with Crippen molar-refractivity contribution in [3.05, 3.63) is 11.6 Å². The number of ether oxygens (including phenoxy) is 8. The van der Waals surface area contributed by atoms with E-state index in [1.165, 1.54) is 0 Å². The lowest BCUT2D eigenvalue weighted by molar-refractivity contribution is -0.378. The van der Waals surface area contributed by atoms with Crippen LogP contribution in [0.3, 0.4) is 0 Å². The molecule has 22 nitrogen and oxygen atoms in total. The maximum absolute atomic E-state index is 12.6. The fraction of sp³-hybridized carbons (Fsp3) is 0.962.